The van der Waals surface area contributed by atoms with Crippen LogP contribution in [0.4, 0.5) is 0 Å². The van der Waals surface area contributed by atoms with Crippen molar-refractivity contribution in [3.8, 4) is 0 Å². The molecule has 0 saturated heterocycles. The second-order valence-electron chi connectivity index (χ2n) is 6.25. The minimum absolute atomic E-state index is 0.0574. The lowest BCUT2D eigenvalue weighted by Gasteiger charge is -2.06. The predicted octanol–water partition coefficient (Wildman–Crippen LogP) is 1.74. The molecule has 0 aliphatic heterocycles. The fourth-order valence-corrected chi connectivity index (χ4v) is 3.65. The van der Waals surface area contributed by atoms with Crippen LogP contribution in [0.15, 0.2) is 4.90 Å². The van der Waals surface area contributed by atoms with Crippen LogP contribution in [-0.4, -0.2) is 30.6 Å². The second-order valence-corrected chi connectivity index (χ2v) is 8.75. The summed E-state index contributed by atoms with van der Waals surface area (Å²) in [5.41, 5.74) is 0.399. The van der Waals surface area contributed by atoms with Crippen LogP contribution in [0, 0.1) is 5.41 Å². The van der Waals surface area contributed by atoms with E-state index in [-0.39, 0.29) is 28.0 Å². The lowest BCUT2D eigenvalue weighted by Crippen LogP contribution is -2.29. The molecule has 6 nitrogen and oxygen atoms in total. The zero-order valence-electron chi connectivity index (χ0n) is 11.2. The molecule has 110 valence electrons. The number of nitrogens with zero attached hydrogens (tertiary/aromatic N) is 1. The fraction of sp³-hybridized carbons (Fsp3) is 0.667. The van der Waals surface area contributed by atoms with Crippen molar-refractivity contribution in [2.75, 3.05) is 0 Å². The minimum Gasteiger partial charge on any atom is -0.347 e. The third-order valence-electron chi connectivity index (χ3n) is 4.01. The molecular formula is C12H16ClN3O3S. The maximum atomic E-state index is 12.2. The summed E-state index contributed by atoms with van der Waals surface area (Å²) in [5.74, 6) is -0.368. The van der Waals surface area contributed by atoms with Gasteiger partial charge in [-0.1, -0.05) is 13.8 Å². The quantitative estimate of drug-likeness (QED) is 0.827. The first-order chi connectivity index (χ1) is 9.20. The van der Waals surface area contributed by atoms with Gasteiger partial charge in [-0.15, -0.1) is 0 Å². The van der Waals surface area contributed by atoms with Crippen molar-refractivity contribution in [1.82, 2.24) is 15.5 Å². The van der Waals surface area contributed by atoms with Gasteiger partial charge in [-0.3, -0.25) is 9.89 Å². The number of carbonyl (C=O) groups excluding carboxylic acids is 1. The Morgan fingerprint density at radius 1 is 1.45 bits per heavy atom. The van der Waals surface area contributed by atoms with Gasteiger partial charge in [0.05, 0.1) is 5.69 Å². The summed E-state index contributed by atoms with van der Waals surface area (Å²) in [6.45, 7) is 4.08. The van der Waals surface area contributed by atoms with E-state index in [4.69, 9.17) is 10.7 Å². The molecule has 8 heteroatoms. The van der Waals surface area contributed by atoms with Crippen molar-refractivity contribution in [1.29, 1.82) is 0 Å². The predicted molar refractivity (Wildman–Crippen MR) is 73.3 cm³/mol. The normalized spacial score (nSPS) is 24.4. The number of aromatic nitrogens is 2. The Bertz CT molecular complexity index is 676. The lowest BCUT2D eigenvalue weighted by atomic mass is 10.2. The van der Waals surface area contributed by atoms with Crippen molar-refractivity contribution in [3.63, 3.8) is 0 Å². The molecule has 0 spiro atoms. The Morgan fingerprint density at radius 3 is 2.50 bits per heavy atom. The molecule has 1 amide bonds. The van der Waals surface area contributed by atoms with Gasteiger partial charge in [0.1, 0.15) is 4.90 Å². The monoisotopic (exact) mass is 317 g/mol. The lowest BCUT2D eigenvalue weighted by molar-refractivity contribution is 0.0938. The van der Waals surface area contributed by atoms with Crippen molar-refractivity contribution >= 4 is 25.6 Å². The molecule has 2 aliphatic rings. The first-order valence-electron chi connectivity index (χ1n) is 6.54. The molecule has 3 rings (SSSR count). The van der Waals surface area contributed by atoms with Gasteiger partial charge in [-0.25, -0.2) is 8.42 Å². The highest BCUT2D eigenvalue weighted by molar-refractivity contribution is 8.13. The van der Waals surface area contributed by atoms with Crippen LogP contribution in [0.5, 0.6) is 0 Å². The third kappa shape index (κ3) is 2.44. The van der Waals surface area contributed by atoms with Crippen molar-refractivity contribution < 1.29 is 13.2 Å². The Morgan fingerprint density at radius 2 is 2.05 bits per heavy atom. The molecule has 0 bridgehead atoms. The van der Waals surface area contributed by atoms with E-state index in [0.717, 1.165) is 19.3 Å². The smallest absolute Gasteiger partial charge is 0.273 e. The van der Waals surface area contributed by atoms with Gasteiger partial charge in [0.25, 0.3) is 15.0 Å². The molecule has 1 aromatic rings. The molecule has 2 aliphatic carbocycles. The number of hydrogen-bond donors (Lipinski definition) is 2. The number of hydrogen-bond acceptors (Lipinski definition) is 4. The Labute approximate surface area is 121 Å². The first-order valence-corrected chi connectivity index (χ1v) is 8.85. The molecule has 1 atom stereocenters. The average molecular weight is 318 g/mol. The van der Waals surface area contributed by atoms with E-state index in [2.05, 4.69) is 15.5 Å². The summed E-state index contributed by atoms with van der Waals surface area (Å²) >= 11 is 0. The molecule has 1 aromatic heterocycles. The Hall–Kier alpha value is -1.08. The summed E-state index contributed by atoms with van der Waals surface area (Å²) in [5, 5.41) is 9.34. The molecule has 2 N–H and O–H groups in total. The maximum Gasteiger partial charge on any atom is 0.273 e. The average Bonchev–Trinajstić information content (AvgIpc) is 3.18. The number of H-pyrrole nitrogens is 1. The molecule has 1 heterocycles. The zero-order chi connectivity index (χ0) is 14.7. The minimum atomic E-state index is -4.00. The van der Waals surface area contributed by atoms with Gasteiger partial charge in [0, 0.05) is 22.6 Å². The van der Waals surface area contributed by atoms with Crippen LogP contribution < -0.4 is 5.32 Å². The van der Waals surface area contributed by atoms with Gasteiger partial charge in [0.15, 0.2) is 5.69 Å². The third-order valence-corrected chi connectivity index (χ3v) is 5.37. The molecule has 2 saturated carbocycles. The molecule has 1 unspecified atom stereocenters. The van der Waals surface area contributed by atoms with E-state index >= 15 is 0 Å². The summed E-state index contributed by atoms with van der Waals surface area (Å²) in [7, 11) is 1.47. The van der Waals surface area contributed by atoms with Crippen molar-refractivity contribution in [3.05, 3.63) is 11.4 Å². The van der Waals surface area contributed by atoms with Gasteiger partial charge in [-0.05, 0) is 24.7 Å². The maximum absolute atomic E-state index is 12.2. The number of carbonyl (C=O) groups is 1. The summed E-state index contributed by atoms with van der Waals surface area (Å²) in [6, 6.07) is 0.0574. The van der Waals surface area contributed by atoms with Crippen LogP contribution in [0.2, 0.25) is 0 Å². The number of rotatable bonds is 4. The van der Waals surface area contributed by atoms with E-state index in [1.165, 1.54) is 0 Å². The summed E-state index contributed by atoms with van der Waals surface area (Å²) in [6.07, 6.45) is 2.65. The number of nitrogens with one attached hydrogen (secondary N) is 2. The van der Waals surface area contributed by atoms with Crippen molar-refractivity contribution in [2.24, 2.45) is 5.41 Å². The number of halogens is 1. The highest BCUT2D eigenvalue weighted by atomic mass is 35.7. The fourth-order valence-electron chi connectivity index (χ4n) is 2.33. The number of amides is 1. The van der Waals surface area contributed by atoms with Gasteiger partial charge in [0.2, 0.25) is 0 Å². The van der Waals surface area contributed by atoms with E-state index in [9.17, 15) is 13.2 Å². The summed E-state index contributed by atoms with van der Waals surface area (Å²) in [4.78, 5) is 12.0. The van der Waals surface area contributed by atoms with Crippen LogP contribution >= 0.6 is 10.7 Å². The standard InChI is InChI=1S/C12H16ClN3O3S/c1-12(2)5-7(12)14-11(17)9-10(20(13,18)19)8(15-16-9)6-3-4-6/h6-7H,3-5H2,1-2H3,(H,14,17)(H,15,16). The first kappa shape index (κ1) is 13.9. The van der Waals surface area contributed by atoms with Crippen LogP contribution in [0.25, 0.3) is 0 Å². The topological polar surface area (TPSA) is 91.9 Å². The van der Waals surface area contributed by atoms with Gasteiger partial charge < -0.3 is 5.32 Å². The Kier molecular flexibility index (Phi) is 2.92. The SMILES string of the molecule is CC1(C)CC1NC(=O)c1n[nH]c(C2CC2)c1S(=O)(=O)Cl. The second kappa shape index (κ2) is 4.21. The number of aromatic amines is 1. The van der Waals surface area contributed by atoms with Crippen molar-refractivity contribution in [2.45, 2.75) is 50.0 Å². The van der Waals surface area contributed by atoms with Crippen LogP contribution in [0.1, 0.15) is 55.2 Å². The van der Waals surface area contributed by atoms with Gasteiger partial charge in [-0.2, -0.15) is 5.10 Å². The van der Waals surface area contributed by atoms with Gasteiger partial charge >= 0.3 is 0 Å². The molecular weight excluding hydrogens is 302 g/mol. The highest BCUT2D eigenvalue weighted by Crippen LogP contribution is 2.45. The molecule has 2 fully saturated rings. The molecule has 0 radical (unpaired) electrons. The Balaban J connectivity index is 1.91. The summed E-state index contributed by atoms with van der Waals surface area (Å²) < 4.78 is 23.5. The van der Waals surface area contributed by atoms with Crippen LogP contribution in [0.3, 0.4) is 0 Å². The largest absolute Gasteiger partial charge is 0.347 e. The molecule has 0 aromatic carbocycles. The zero-order valence-corrected chi connectivity index (χ0v) is 12.8. The van der Waals surface area contributed by atoms with E-state index in [1.807, 2.05) is 13.8 Å². The van der Waals surface area contributed by atoms with E-state index in [1.54, 1.807) is 0 Å². The van der Waals surface area contributed by atoms with E-state index < -0.39 is 15.0 Å². The highest BCUT2D eigenvalue weighted by Gasteiger charge is 2.47. The molecule has 20 heavy (non-hydrogen) atoms. The van der Waals surface area contributed by atoms with E-state index in [0.29, 0.717) is 5.69 Å². The van der Waals surface area contributed by atoms with Crippen LogP contribution in [-0.2, 0) is 9.05 Å².